The number of amides is 2. The van der Waals surface area contributed by atoms with E-state index in [1.54, 1.807) is 30.3 Å². The van der Waals surface area contributed by atoms with Gasteiger partial charge in [0.15, 0.2) is 0 Å². The molecule has 22 heavy (non-hydrogen) atoms. The van der Waals surface area contributed by atoms with E-state index >= 15 is 0 Å². The average molecular weight is 316 g/mol. The van der Waals surface area contributed by atoms with E-state index in [-0.39, 0.29) is 17.4 Å². The zero-order valence-electron chi connectivity index (χ0n) is 13.0. The van der Waals surface area contributed by atoms with Gasteiger partial charge in [0.2, 0.25) is 0 Å². The Bertz CT molecular complexity index is 646. The van der Waals surface area contributed by atoms with Crippen molar-refractivity contribution < 1.29 is 9.59 Å². The second kappa shape index (κ2) is 6.75. The molecule has 4 nitrogen and oxygen atoms in total. The fourth-order valence-corrected chi connectivity index (χ4v) is 2.39. The quantitative estimate of drug-likeness (QED) is 0.878. The number of carbonyl (C=O) groups excluding carboxylic acids is 2. The number of hydrogen-bond donors (Lipinski definition) is 2. The van der Waals surface area contributed by atoms with E-state index in [0.717, 1.165) is 6.42 Å². The Hall–Kier alpha value is -2.14. The third-order valence-corrected chi connectivity index (χ3v) is 4.35. The van der Waals surface area contributed by atoms with Crippen LogP contribution >= 0.6 is 11.3 Å². The van der Waals surface area contributed by atoms with Crippen LogP contribution < -0.4 is 10.6 Å². The molecule has 0 saturated heterocycles. The van der Waals surface area contributed by atoms with Gasteiger partial charge in [0.05, 0.1) is 4.88 Å². The maximum atomic E-state index is 12.1. The summed E-state index contributed by atoms with van der Waals surface area (Å²) in [5.41, 5.74) is 1.02. The molecule has 0 aliphatic carbocycles. The lowest BCUT2D eigenvalue weighted by atomic mass is 10.0. The van der Waals surface area contributed by atoms with Crippen LogP contribution in [0.5, 0.6) is 0 Å². The van der Waals surface area contributed by atoms with Crippen LogP contribution in [0.3, 0.4) is 0 Å². The van der Waals surface area contributed by atoms with Gasteiger partial charge in [-0.05, 0) is 56.0 Å². The minimum absolute atomic E-state index is 0.108. The molecule has 0 aliphatic heterocycles. The van der Waals surface area contributed by atoms with Crippen LogP contribution in [0.4, 0.5) is 5.69 Å². The van der Waals surface area contributed by atoms with E-state index < -0.39 is 0 Å². The molecule has 0 saturated carbocycles. The molecular weight excluding hydrogens is 296 g/mol. The normalized spacial score (nSPS) is 11.0. The second-order valence-electron chi connectivity index (χ2n) is 5.70. The predicted octanol–water partition coefficient (Wildman–Crippen LogP) is 3.92. The zero-order chi connectivity index (χ0) is 16.2. The van der Waals surface area contributed by atoms with E-state index in [9.17, 15) is 9.59 Å². The van der Waals surface area contributed by atoms with E-state index in [1.165, 1.54) is 11.3 Å². The largest absolute Gasteiger partial charge is 0.347 e. The number of carbonyl (C=O) groups is 2. The van der Waals surface area contributed by atoms with Crippen molar-refractivity contribution >= 4 is 28.8 Å². The second-order valence-corrected chi connectivity index (χ2v) is 6.65. The van der Waals surface area contributed by atoms with Gasteiger partial charge in [-0.25, -0.2) is 0 Å². The summed E-state index contributed by atoms with van der Waals surface area (Å²) in [5, 5.41) is 7.65. The summed E-state index contributed by atoms with van der Waals surface area (Å²) in [7, 11) is 0. The monoisotopic (exact) mass is 316 g/mol. The number of hydrogen-bond acceptors (Lipinski definition) is 3. The van der Waals surface area contributed by atoms with Gasteiger partial charge in [-0.2, -0.15) is 0 Å². The molecule has 0 fully saturated rings. The minimum Gasteiger partial charge on any atom is -0.347 e. The molecule has 2 amide bonds. The van der Waals surface area contributed by atoms with Crippen LogP contribution in [0, 0.1) is 0 Å². The molecule has 0 unspecified atom stereocenters. The first-order valence-electron chi connectivity index (χ1n) is 7.19. The summed E-state index contributed by atoms with van der Waals surface area (Å²) in [6.45, 7) is 6.00. The number of nitrogens with one attached hydrogen (secondary N) is 2. The molecule has 0 atom stereocenters. The lowest BCUT2D eigenvalue weighted by Gasteiger charge is -2.24. The number of thiophene rings is 1. The van der Waals surface area contributed by atoms with E-state index in [1.807, 2.05) is 32.2 Å². The van der Waals surface area contributed by atoms with Crippen LogP contribution in [-0.2, 0) is 0 Å². The summed E-state index contributed by atoms with van der Waals surface area (Å²) in [6, 6.07) is 10.5. The first-order valence-corrected chi connectivity index (χ1v) is 8.07. The molecule has 2 aromatic rings. The predicted molar refractivity (Wildman–Crippen MR) is 90.6 cm³/mol. The smallest absolute Gasteiger partial charge is 0.265 e. The summed E-state index contributed by atoms with van der Waals surface area (Å²) < 4.78 is 0. The van der Waals surface area contributed by atoms with Crippen LogP contribution in [0.1, 0.15) is 47.2 Å². The van der Waals surface area contributed by atoms with Crippen molar-refractivity contribution in [2.24, 2.45) is 0 Å². The Morgan fingerprint density at radius 1 is 1.09 bits per heavy atom. The molecule has 0 bridgehead atoms. The molecule has 5 heteroatoms. The highest BCUT2D eigenvalue weighted by Gasteiger charge is 2.18. The topological polar surface area (TPSA) is 58.2 Å². The van der Waals surface area contributed by atoms with Gasteiger partial charge in [0, 0.05) is 16.8 Å². The number of benzene rings is 1. The van der Waals surface area contributed by atoms with Gasteiger partial charge in [-0.15, -0.1) is 11.3 Å². The van der Waals surface area contributed by atoms with Gasteiger partial charge in [-0.3, -0.25) is 9.59 Å². The lowest BCUT2D eigenvalue weighted by molar-refractivity contribution is 0.0911. The Morgan fingerprint density at radius 3 is 2.32 bits per heavy atom. The fraction of sp³-hybridized carbons (Fsp3) is 0.294. The van der Waals surface area contributed by atoms with Crippen molar-refractivity contribution in [3.8, 4) is 0 Å². The Labute approximate surface area is 134 Å². The molecule has 0 aliphatic rings. The Kier molecular flexibility index (Phi) is 4.98. The van der Waals surface area contributed by atoms with Gasteiger partial charge in [0.25, 0.3) is 11.8 Å². The van der Waals surface area contributed by atoms with Crippen LogP contribution in [-0.4, -0.2) is 17.4 Å². The molecule has 1 aromatic carbocycles. The molecular formula is C17H20N2O2S. The van der Waals surface area contributed by atoms with Crippen molar-refractivity contribution in [3.05, 3.63) is 52.2 Å². The number of rotatable bonds is 5. The first-order chi connectivity index (χ1) is 10.4. The van der Waals surface area contributed by atoms with Gasteiger partial charge in [0.1, 0.15) is 0 Å². The SMILES string of the molecule is CCC(C)(C)NC(=O)c1ccc(NC(=O)c2cccs2)cc1. The van der Waals surface area contributed by atoms with Gasteiger partial charge in [-0.1, -0.05) is 13.0 Å². The molecule has 1 aromatic heterocycles. The third-order valence-electron chi connectivity index (χ3n) is 3.49. The highest BCUT2D eigenvalue weighted by Crippen LogP contribution is 2.15. The summed E-state index contributed by atoms with van der Waals surface area (Å²) in [4.78, 5) is 24.7. The highest BCUT2D eigenvalue weighted by atomic mass is 32.1. The van der Waals surface area contributed by atoms with Crippen molar-refractivity contribution in [1.29, 1.82) is 0 Å². The highest BCUT2D eigenvalue weighted by molar-refractivity contribution is 7.12. The van der Waals surface area contributed by atoms with E-state index in [2.05, 4.69) is 10.6 Å². The average Bonchev–Trinajstić information content (AvgIpc) is 3.02. The van der Waals surface area contributed by atoms with E-state index in [0.29, 0.717) is 16.1 Å². The zero-order valence-corrected chi connectivity index (χ0v) is 13.8. The lowest BCUT2D eigenvalue weighted by Crippen LogP contribution is -2.42. The van der Waals surface area contributed by atoms with Crippen molar-refractivity contribution in [1.82, 2.24) is 5.32 Å². The van der Waals surface area contributed by atoms with Crippen LogP contribution in [0.15, 0.2) is 41.8 Å². The Balaban J connectivity index is 2.01. The third kappa shape index (κ3) is 4.18. The molecule has 1 heterocycles. The van der Waals surface area contributed by atoms with Gasteiger partial charge < -0.3 is 10.6 Å². The summed E-state index contributed by atoms with van der Waals surface area (Å²) in [5.74, 6) is -0.248. The first kappa shape index (κ1) is 16.2. The molecule has 0 radical (unpaired) electrons. The molecule has 0 spiro atoms. The molecule has 2 rings (SSSR count). The van der Waals surface area contributed by atoms with Crippen LogP contribution in [0.2, 0.25) is 0 Å². The van der Waals surface area contributed by atoms with Crippen molar-refractivity contribution in [2.75, 3.05) is 5.32 Å². The fourth-order valence-electron chi connectivity index (χ4n) is 1.77. The maximum absolute atomic E-state index is 12.1. The van der Waals surface area contributed by atoms with Crippen LogP contribution in [0.25, 0.3) is 0 Å². The van der Waals surface area contributed by atoms with Crippen molar-refractivity contribution in [2.45, 2.75) is 32.7 Å². The molecule has 116 valence electrons. The summed E-state index contributed by atoms with van der Waals surface area (Å²) in [6.07, 6.45) is 0.855. The van der Waals surface area contributed by atoms with Crippen molar-refractivity contribution in [3.63, 3.8) is 0 Å². The standard InChI is InChI=1S/C17H20N2O2S/c1-4-17(2,3)19-15(20)12-7-9-13(10-8-12)18-16(21)14-6-5-11-22-14/h5-11H,4H2,1-3H3,(H,18,21)(H,19,20). The van der Waals surface area contributed by atoms with Gasteiger partial charge >= 0.3 is 0 Å². The molecule has 2 N–H and O–H groups in total. The Morgan fingerprint density at radius 2 is 1.77 bits per heavy atom. The number of anilines is 1. The maximum Gasteiger partial charge on any atom is 0.265 e. The summed E-state index contributed by atoms with van der Waals surface area (Å²) >= 11 is 1.39. The minimum atomic E-state index is -0.233. The van der Waals surface area contributed by atoms with E-state index in [4.69, 9.17) is 0 Å².